The van der Waals surface area contributed by atoms with Gasteiger partial charge in [0.1, 0.15) is 6.33 Å². The number of rotatable bonds is 7. The molecule has 1 saturated heterocycles. The van der Waals surface area contributed by atoms with E-state index in [1.807, 2.05) is 24.3 Å². The Morgan fingerprint density at radius 3 is 2.96 bits per heavy atom. The van der Waals surface area contributed by atoms with Gasteiger partial charge in [0.05, 0.1) is 6.61 Å². The molecule has 1 aromatic heterocycles. The van der Waals surface area contributed by atoms with E-state index >= 15 is 0 Å². The summed E-state index contributed by atoms with van der Waals surface area (Å²) in [6.45, 7) is 4.52. The van der Waals surface area contributed by atoms with Crippen LogP contribution in [0.15, 0.2) is 43.0 Å². The lowest BCUT2D eigenvalue weighted by Gasteiger charge is -2.15. The number of nitrogens with zero attached hydrogens (tertiary/aromatic N) is 3. The average molecular weight is 340 g/mol. The van der Waals surface area contributed by atoms with E-state index in [1.54, 1.807) is 19.5 Å². The highest BCUT2D eigenvalue weighted by atomic mass is 16.5. The zero-order valence-corrected chi connectivity index (χ0v) is 14.5. The van der Waals surface area contributed by atoms with Crippen molar-refractivity contribution in [1.82, 2.24) is 20.2 Å². The van der Waals surface area contributed by atoms with Crippen molar-refractivity contribution in [1.29, 1.82) is 0 Å². The lowest BCUT2D eigenvalue weighted by molar-refractivity contribution is 0.0946. The Hall–Kier alpha value is -2.31. The molecule has 1 N–H and O–H groups in total. The lowest BCUT2D eigenvalue weighted by atomic mass is 10.0. The second kappa shape index (κ2) is 8.69. The van der Waals surface area contributed by atoms with Crippen LogP contribution in [0.2, 0.25) is 0 Å². The topological polar surface area (TPSA) is 67.3 Å². The van der Waals surface area contributed by atoms with Gasteiger partial charge in [-0.15, -0.1) is 0 Å². The normalized spacial score (nSPS) is 17.6. The SMILES string of the molecule is COCCN1CC[C@H](CNC(=O)c2cccc(-c3cncnc3)c2)C1. The molecule has 132 valence electrons. The van der Waals surface area contributed by atoms with Gasteiger partial charge in [-0.1, -0.05) is 12.1 Å². The smallest absolute Gasteiger partial charge is 0.251 e. The maximum atomic E-state index is 12.5. The molecular formula is C19H24N4O2. The van der Waals surface area contributed by atoms with Gasteiger partial charge in [0.2, 0.25) is 0 Å². The van der Waals surface area contributed by atoms with Gasteiger partial charge in [-0.3, -0.25) is 4.79 Å². The Labute approximate surface area is 148 Å². The van der Waals surface area contributed by atoms with Gasteiger partial charge < -0.3 is 15.0 Å². The number of carbonyl (C=O) groups is 1. The number of carbonyl (C=O) groups excluding carboxylic acids is 1. The molecule has 1 fully saturated rings. The summed E-state index contributed by atoms with van der Waals surface area (Å²) in [6, 6.07) is 7.56. The molecule has 1 atom stereocenters. The van der Waals surface area contributed by atoms with Crippen molar-refractivity contribution < 1.29 is 9.53 Å². The van der Waals surface area contributed by atoms with E-state index in [9.17, 15) is 4.79 Å². The zero-order valence-electron chi connectivity index (χ0n) is 14.5. The summed E-state index contributed by atoms with van der Waals surface area (Å²) in [5.74, 6) is 0.473. The van der Waals surface area contributed by atoms with Gasteiger partial charge >= 0.3 is 0 Å². The van der Waals surface area contributed by atoms with Crippen LogP contribution < -0.4 is 5.32 Å². The van der Waals surface area contributed by atoms with Crippen LogP contribution in [0.4, 0.5) is 0 Å². The summed E-state index contributed by atoms with van der Waals surface area (Å²) < 4.78 is 5.12. The molecule has 2 aromatic rings. The molecule has 25 heavy (non-hydrogen) atoms. The number of likely N-dealkylation sites (tertiary alicyclic amines) is 1. The highest BCUT2D eigenvalue weighted by molar-refractivity contribution is 5.95. The largest absolute Gasteiger partial charge is 0.383 e. The van der Waals surface area contributed by atoms with Crippen LogP contribution in [0.5, 0.6) is 0 Å². The summed E-state index contributed by atoms with van der Waals surface area (Å²) in [6.07, 6.45) is 6.11. The van der Waals surface area contributed by atoms with Crippen molar-refractivity contribution in [3.05, 3.63) is 48.5 Å². The van der Waals surface area contributed by atoms with Crippen molar-refractivity contribution >= 4 is 5.91 Å². The first-order chi connectivity index (χ1) is 12.3. The second-order valence-electron chi connectivity index (χ2n) is 6.37. The Morgan fingerprint density at radius 1 is 1.32 bits per heavy atom. The molecule has 0 radical (unpaired) electrons. The summed E-state index contributed by atoms with van der Waals surface area (Å²) in [7, 11) is 1.73. The Morgan fingerprint density at radius 2 is 2.16 bits per heavy atom. The van der Waals surface area contributed by atoms with E-state index in [4.69, 9.17) is 4.74 Å². The van der Waals surface area contributed by atoms with Gasteiger partial charge in [0.25, 0.3) is 5.91 Å². The molecule has 2 heterocycles. The van der Waals surface area contributed by atoms with Crippen LogP contribution >= 0.6 is 0 Å². The van der Waals surface area contributed by atoms with Gasteiger partial charge in [-0.2, -0.15) is 0 Å². The summed E-state index contributed by atoms with van der Waals surface area (Å²) in [4.78, 5) is 22.9. The van der Waals surface area contributed by atoms with Crippen LogP contribution in [0.1, 0.15) is 16.8 Å². The zero-order chi connectivity index (χ0) is 17.5. The quantitative estimate of drug-likeness (QED) is 0.833. The predicted octanol–water partition coefficient (Wildman–Crippen LogP) is 1.84. The van der Waals surface area contributed by atoms with E-state index in [0.717, 1.165) is 43.8 Å². The third kappa shape index (κ3) is 4.84. The Balaban J connectivity index is 1.54. The lowest BCUT2D eigenvalue weighted by Crippen LogP contribution is -2.31. The van der Waals surface area contributed by atoms with Gasteiger partial charge in [0.15, 0.2) is 0 Å². The number of benzene rings is 1. The third-order valence-corrected chi connectivity index (χ3v) is 4.55. The van der Waals surface area contributed by atoms with E-state index in [2.05, 4.69) is 20.2 Å². The molecule has 1 amide bonds. The molecule has 6 heteroatoms. The molecule has 0 aliphatic carbocycles. The number of hydrogen-bond acceptors (Lipinski definition) is 5. The van der Waals surface area contributed by atoms with Crippen molar-refractivity contribution in [2.75, 3.05) is 39.9 Å². The first-order valence-corrected chi connectivity index (χ1v) is 8.61. The fourth-order valence-electron chi connectivity index (χ4n) is 3.13. The summed E-state index contributed by atoms with van der Waals surface area (Å²) >= 11 is 0. The van der Waals surface area contributed by atoms with Crippen LogP contribution in [-0.4, -0.2) is 60.7 Å². The van der Waals surface area contributed by atoms with Crippen LogP contribution in [-0.2, 0) is 4.74 Å². The number of nitrogens with one attached hydrogen (secondary N) is 1. The van der Waals surface area contributed by atoms with E-state index in [1.165, 1.54) is 6.33 Å². The van der Waals surface area contributed by atoms with Crippen molar-refractivity contribution in [3.63, 3.8) is 0 Å². The fourth-order valence-corrected chi connectivity index (χ4v) is 3.13. The third-order valence-electron chi connectivity index (χ3n) is 4.55. The molecule has 6 nitrogen and oxygen atoms in total. The van der Waals surface area contributed by atoms with Crippen molar-refractivity contribution in [2.45, 2.75) is 6.42 Å². The van der Waals surface area contributed by atoms with Crippen molar-refractivity contribution in [3.8, 4) is 11.1 Å². The minimum atomic E-state index is -0.0333. The van der Waals surface area contributed by atoms with E-state index in [0.29, 0.717) is 18.0 Å². The van der Waals surface area contributed by atoms with Crippen LogP contribution in [0, 0.1) is 5.92 Å². The van der Waals surface area contributed by atoms with Crippen LogP contribution in [0.3, 0.4) is 0 Å². The Bertz CT molecular complexity index is 693. The monoisotopic (exact) mass is 340 g/mol. The number of ether oxygens (including phenoxy) is 1. The maximum Gasteiger partial charge on any atom is 0.251 e. The Kier molecular flexibility index (Phi) is 6.09. The molecule has 1 aliphatic rings. The van der Waals surface area contributed by atoms with E-state index < -0.39 is 0 Å². The molecule has 0 saturated carbocycles. The van der Waals surface area contributed by atoms with E-state index in [-0.39, 0.29) is 5.91 Å². The fraction of sp³-hybridized carbons (Fsp3) is 0.421. The van der Waals surface area contributed by atoms with Crippen molar-refractivity contribution in [2.24, 2.45) is 5.92 Å². The van der Waals surface area contributed by atoms with Gasteiger partial charge in [0, 0.05) is 50.3 Å². The average Bonchev–Trinajstić information content (AvgIpc) is 3.13. The first-order valence-electron chi connectivity index (χ1n) is 8.61. The number of methoxy groups -OCH3 is 1. The molecule has 0 spiro atoms. The first kappa shape index (κ1) is 17.5. The second-order valence-corrected chi connectivity index (χ2v) is 6.37. The molecular weight excluding hydrogens is 316 g/mol. The minimum Gasteiger partial charge on any atom is -0.383 e. The van der Waals surface area contributed by atoms with Gasteiger partial charge in [-0.25, -0.2) is 9.97 Å². The van der Waals surface area contributed by atoms with Crippen LogP contribution in [0.25, 0.3) is 11.1 Å². The summed E-state index contributed by atoms with van der Waals surface area (Å²) in [5.41, 5.74) is 2.51. The number of amides is 1. The van der Waals surface area contributed by atoms with Gasteiger partial charge in [-0.05, 0) is 36.6 Å². The highest BCUT2D eigenvalue weighted by Gasteiger charge is 2.22. The predicted molar refractivity (Wildman–Crippen MR) is 96.2 cm³/mol. The standard InChI is InChI=1S/C19H24N4O2/c1-25-8-7-23-6-5-15(13-23)10-22-19(24)17-4-2-3-16(9-17)18-11-20-14-21-12-18/h2-4,9,11-12,14-15H,5-8,10,13H2,1H3,(H,22,24)/t15-/m1/s1. The summed E-state index contributed by atoms with van der Waals surface area (Å²) in [5, 5.41) is 3.07. The number of aromatic nitrogens is 2. The molecule has 1 aromatic carbocycles. The molecule has 0 unspecified atom stereocenters. The highest BCUT2D eigenvalue weighted by Crippen LogP contribution is 2.19. The molecule has 0 bridgehead atoms. The minimum absolute atomic E-state index is 0.0333. The molecule has 3 rings (SSSR count). The maximum absolute atomic E-state index is 12.5. The number of hydrogen-bond donors (Lipinski definition) is 1. The molecule has 1 aliphatic heterocycles.